The average Bonchev–Trinajstić information content (AvgIpc) is 2.57. The Morgan fingerprint density at radius 1 is 0.864 bits per heavy atom. The van der Waals surface area contributed by atoms with Crippen LogP contribution in [0.25, 0.3) is 0 Å². The number of hydrogen-bond acceptors (Lipinski definition) is 4. The normalized spacial score (nSPS) is 13.6. The van der Waals surface area contributed by atoms with Gasteiger partial charge in [-0.3, -0.25) is 0 Å². The van der Waals surface area contributed by atoms with Gasteiger partial charge < -0.3 is 19.7 Å². The molecule has 2 atom stereocenters. The van der Waals surface area contributed by atoms with Crippen molar-refractivity contribution in [3.63, 3.8) is 0 Å². The third-order valence-electron chi connectivity index (χ3n) is 3.46. The first kappa shape index (κ1) is 16.3. The fourth-order valence-electron chi connectivity index (χ4n) is 2.16. The molecule has 0 fully saturated rings. The Labute approximate surface area is 130 Å². The SMILES string of the molecule is CCC(O)C(CO)C(Oc1ccccc1)Oc1ccccc1. The highest BCUT2D eigenvalue weighted by Gasteiger charge is 2.30. The van der Waals surface area contributed by atoms with Crippen LogP contribution in [0.4, 0.5) is 0 Å². The highest BCUT2D eigenvalue weighted by atomic mass is 16.7. The maximum atomic E-state index is 10.1. The van der Waals surface area contributed by atoms with Gasteiger partial charge in [0, 0.05) is 0 Å². The van der Waals surface area contributed by atoms with E-state index in [0.29, 0.717) is 17.9 Å². The lowest BCUT2D eigenvalue weighted by Gasteiger charge is -2.29. The van der Waals surface area contributed by atoms with Crippen LogP contribution in [0.1, 0.15) is 13.3 Å². The van der Waals surface area contributed by atoms with Gasteiger partial charge in [-0.05, 0) is 30.7 Å². The molecule has 0 amide bonds. The van der Waals surface area contributed by atoms with Crippen molar-refractivity contribution in [2.24, 2.45) is 5.92 Å². The number of aliphatic hydroxyl groups excluding tert-OH is 2. The molecule has 4 nitrogen and oxygen atoms in total. The molecule has 2 aromatic rings. The Morgan fingerprint density at radius 3 is 1.68 bits per heavy atom. The number of aliphatic hydroxyl groups is 2. The van der Waals surface area contributed by atoms with E-state index < -0.39 is 18.3 Å². The van der Waals surface area contributed by atoms with E-state index in [2.05, 4.69) is 0 Å². The van der Waals surface area contributed by atoms with Gasteiger partial charge in [0.2, 0.25) is 6.29 Å². The molecule has 0 radical (unpaired) electrons. The van der Waals surface area contributed by atoms with Crippen molar-refractivity contribution >= 4 is 0 Å². The monoisotopic (exact) mass is 302 g/mol. The summed E-state index contributed by atoms with van der Waals surface area (Å²) in [7, 11) is 0. The second-order valence-electron chi connectivity index (χ2n) is 5.05. The molecule has 0 aliphatic heterocycles. The Kier molecular flexibility index (Phi) is 6.25. The van der Waals surface area contributed by atoms with E-state index in [1.165, 1.54) is 0 Å². The topological polar surface area (TPSA) is 58.9 Å². The summed E-state index contributed by atoms with van der Waals surface area (Å²) in [5.41, 5.74) is 0. The summed E-state index contributed by atoms with van der Waals surface area (Å²) in [5, 5.41) is 19.8. The fourth-order valence-corrected chi connectivity index (χ4v) is 2.16. The highest BCUT2D eigenvalue weighted by molar-refractivity contribution is 5.23. The van der Waals surface area contributed by atoms with E-state index in [0.717, 1.165) is 0 Å². The van der Waals surface area contributed by atoms with Crippen LogP contribution < -0.4 is 9.47 Å². The van der Waals surface area contributed by atoms with Gasteiger partial charge in [-0.25, -0.2) is 0 Å². The van der Waals surface area contributed by atoms with Crippen LogP contribution in [0.15, 0.2) is 60.7 Å². The lowest BCUT2D eigenvalue weighted by Crippen LogP contribution is -2.42. The minimum absolute atomic E-state index is 0.223. The molecule has 4 heteroatoms. The van der Waals surface area contributed by atoms with Crippen molar-refractivity contribution in [1.29, 1.82) is 0 Å². The van der Waals surface area contributed by atoms with Crippen molar-refractivity contribution in [3.8, 4) is 11.5 Å². The Balaban J connectivity index is 2.19. The average molecular weight is 302 g/mol. The van der Waals surface area contributed by atoms with Crippen LogP contribution in [0.3, 0.4) is 0 Å². The third-order valence-corrected chi connectivity index (χ3v) is 3.46. The van der Waals surface area contributed by atoms with Crippen LogP contribution in [0.5, 0.6) is 11.5 Å². The number of benzene rings is 2. The Hall–Kier alpha value is -2.04. The van der Waals surface area contributed by atoms with E-state index >= 15 is 0 Å². The Morgan fingerprint density at radius 2 is 1.32 bits per heavy atom. The molecular formula is C18H22O4. The van der Waals surface area contributed by atoms with Crippen LogP contribution in [-0.4, -0.2) is 29.2 Å². The first-order chi connectivity index (χ1) is 10.7. The summed E-state index contributed by atoms with van der Waals surface area (Å²) in [6, 6.07) is 18.5. The molecule has 0 spiro atoms. The molecule has 0 aromatic heterocycles. The van der Waals surface area contributed by atoms with Crippen molar-refractivity contribution in [1.82, 2.24) is 0 Å². The van der Waals surface area contributed by atoms with Crippen molar-refractivity contribution < 1.29 is 19.7 Å². The first-order valence-electron chi connectivity index (χ1n) is 7.47. The summed E-state index contributed by atoms with van der Waals surface area (Å²) in [6.07, 6.45) is -0.968. The summed E-state index contributed by atoms with van der Waals surface area (Å²) in [5.74, 6) is 0.723. The Bertz CT molecular complexity index is 488. The summed E-state index contributed by atoms with van der Waals surface area (Å²) < 4.78 is 11.7. The van der Waals surface area contributed by atoms with Gasteiger partial charge in [0.05, 0.1) is 18.6 Å². The van der Waals surface area contributed by atoms with Gasteiger partial charge in [-0.15, -0.1) is 0 Å². The van der Waals surface area contributed by atoms with Crippen molar-refractivity contribution in [2.75, 3.05) is 6.61 Å². The highest BCUT2D eigenvalue weighted by Crippen LogP contribution is 2.23. The minimum atomic E-state index is -0.773. The lowest BCUT2D eigenvalue weighted by atomic mass is 10.0. The van der Waals surface area contributed by atoms with Gasteiger partial charge >= 0.3 is 0 Å². The quantitative estimate of drug-likeness (QED) is 0.736. The van der Waals surface area contributed by atoms with Gasteiger partial charge in [0.15, 0.2) is 0 Å². The van der Waals surface area contributed by atoms with Crippen LogP contribution in [0, 0.1) is 5.92 Å². The van der Waals surface area contributed by atoms with Gasteiger partial charge in [-0.2, -0.15) is 0 Å². The minimum Gasteiger partial charge on any atom is -0.454 e. The molecule has 22 heavy (non-hydrogen) atoms. The predicted octanol–water partition coefficient (Wildman–Crippen LogP) is 2.85. The molecule has 0 aliphatic carbocycles. The number of rotatable bonds is 8. The van der Waals surface area contributed by atoms with E-state index in [4.69, 9.17) is 9.47 Å². The zero-order valence-electron chi connectivity index (χ0n) is 12.6. The number of hydrogen-bond donors (Lipinski definition) is 2. The second-order valence-corrected chi connectivity index (χ2v) is 5.05. The molecule has 2 N–H and O–H groups in total. The first-order valence-corrected chi connectivity index (χ1v) is 7.47. The largest absolute Gasteiger partial charge is 0.454 e. The van der Waals surface area contributed by atoms with E-state index in [1.54, 1.807) is 0 Å². The maximum Gasteiger partial charge on any atom is 0.248 e. The van der Waals surface area contributed by atoms with E-state index in [-0.39, 0.29) is 6.61 Å². The summed E-state index contributed by atoms with van der Waals surface area (Å²) in [4.78, 5) is 0. The molecule has 2 rings (SSSR count). The van der Waals surface area contributed by atoms with Crippen molar-refractivity contribution in [2.45, 2.75) is 25.7 Å². The van der Waals surface area contributed by atoms with Gasteiger partial charge in [-0.1, -0.05) is 43.3 Å². The van der Waals surface area contributed by atoms with Gasteiger partial charge in [0.1, 0.15) is 11.5 Å². The standard InChI is InChI=1S/C18H22O4/c1-2-17(20)16(13-19)18(21-14-9-5-3-6-10-14)22-15-11-7-4-8-12-15/h3-12,16-20H,2,13H2,1H3. The van der Waals surface area contributed by atoms with Crippen LogP contribution in [0.2, 0.25) is 0 Å². The third kappa shape index (κ3) is 4.48. The summed E-state index contributed by atoms with van der Waals surface area (Å²) in [6.45, 7) is 1.63. The number of ether oxygens (including phenoxy) is 2. The van der Waals surface area contributed by atoms with Gasteiger partial charge in [0.25, 0.3) is 0 Å². The molecule has 0 heterocycles. The molecule has 2 unspecified atom stereocenters. The molecule has 0 aliphatic rings. The zero-order valence-corrected chi connectivity index (χ0v) is 12.6. The molecular weight excluding hydrogens is 280 g/mol. The lowest BCUT2D eigenvalue weighted by molar-refractivity contribution is -0.0993. The maximum absolute atomic E-state index is 10.1. The zero-order chi connectivity index (χ0) is 15.8. The molecule has 2 aromatic carbocycles. The second kappa shape index (κ2) is 8.41. The molecule has 0 bridgehead atoms. The van der Waals surface area contributed by atoms with E-state index in [9.17, 15) is 10.2 Å². The smallest absolute Gasteiger partial charge is 0.248 e. The molecule has 0 saturated carbocycles. The summed E-state index contributed by atoms with van der Waals surface area (Å²) >= 11 is 0. The number of para-hydroxylation sites is 2. The van der Waals surface area contributed by atoms with Crippen LogP contribution in [-0.2, 0) is 0 Å². The molecule has 0 saturated heterocycles. The fraction of sp³-hybridized carbons (Fsp3) is 0.333. The van der Waals surface area contributed by atoms with Crippen LogP contribution >= 0.6 is 0 Å². The molecule has 118 valence electrons. The van der Waals surface area contributed by atoms with E-state index in [1.807, 2.05) is 67.6 Å². The van der Waals surface area contributed by atoms with Crippen molar-refractivity contribution in [3.05, 3.63) is 60.7 Å². The predicted molar refractivity (Wildman–Crippen MR) is 84.8 cm³/mol.